The monoisotopic (exact) mass is 266 g/mol. The Labute approximate surface area is 110 Å². The zero-order valence-electron chi connectivity index (χ0n) is 10.7. The van der Waals surface area contributed by atoms with E-state index in [1.54, 1.807) is 18.2 Å². The molecule has 0 saturated carbocycles. The molecule has 1 aliphatic heterocycles. The van der Waals surface area contributed by atoms with Crippen LogP contribution < -0.4 is 9.47 Å². The largest absolute Gasteiger partial charge is 0.454 e. The second-order valence-electron chi connectivity index (χ2n) is 4.04. The highest BCUT2D eigenvalue weighted by atomic mass is 16.7. The average molecular weight is 266 g/mol. The van der Waals surface area contributed by atoms with Crippen LogP contribution in [-0.2, 0) is 25.5 Å². The summed E-state index contributed by atoms with van der Waals surface area (Å²) in [7, 11) is 0. The van der Waals surface area contributed by atoms with Crippen molar-refractivity contribution in [1.29, 1.82) is 0 Å². The summed E-state index contributed by atoms with van der Waals surface area (Å²) in [5, 5.41) is 0. The normalized spacial score (nSPS) is 12.4. The van der Waals surface area contributed by atoms with Crippen LogP contribution in [0.3, 0.4) is 0 Å². The van der Waals surface area contributed by atoms with Gasteiger partial charge < -0.3 is 18.9 Å². The molecule has 0 saturated heterocycles. The highest BCUT2D eigenvalue weighted by molar-refractivity contribution is 5.68. The first kappa shape index (κ1) is 13.2. The Balaban J connectivity index is 2.07. The van der Waals surface area contributed by atoms with Gasteiger partial charge in [0.15, 0.2) is 11.5 Å². The first-order valence-corrected chi connectivity index (χ1v) is 5.77. The maximum absolute atomic E-state index is 11.0. The van der Waals surface area contributed by atoms with Crippen LogP contribution in [0.25, 0.3) is 0 Å². The predicted octanol–water partition coefficient (Wildman–Crippen LogP) is 1.41. The van der Waals surface area contributed by atoms with Gasteiger partial charge in [-0.25, -0.2) is 0 Å². The minimum absolute atomic E-state index is 0.191. The lowest BCUT2D eigenvalue weighted by Gasteiger charge is -2.16. The molecule has 6 nitrogen and oxygen atoms in total. The Hall–Kier alpha value is -2.24. The van der Waals surface area contributed by atoms with Gasteiger partial charge in [0, 0.05) is 20.3 Å². The molecule has 2 rings (SSSR count). The van der Waals surface area contributed by atoms with E-state index in [1.807, 2.05) is 0 Å². The molecule has 1 heterocycles. The summed E-state index contributed by atoms with van der Waals surface area (Å²) < 4.78 is 20.3. The summed E-state index contributed by atoms with van der Waals surface area (Å²) in [6, 6.07) is 5.33. The molecule has 0 radical (unpaired) electrons. The average Bonchev–Trinajstić information content (AvgIpc) is 2.74. The fourth-order valence-corrected chi connectivity index (χ4v) is 1.74. The Morgan fingerprint density at radius 3 is 2.42 bits per heavy atom. The molecular weight excluding hydrogens is 252 g/mol. The Kier molecular flexibility index (Phi) is 3.89. The van der Waals surface area contributed by atoms with Gasteiger partial charge in [0.25, 0.3) is 6.29 Å². The summed E-state index contributed by atoms with van der Waals surface area (Å²) in [4.78, 5) is 21.9. The van der Waals surface area contributed by atoms with Crippen molar-refractivity contribution >= 4 is 11.9 Å². The smallest absolute Gasteiger partial charge is 0.305 e. The molecule has 1 aromatic carbocycles. The molecule has 0 bridgehead atoms. The van der Waals surface area contributed by atoms with E-state index >= 15 is 0 Å². The number of fused-ring (bicyclic) bond motifs is 1. The second-order valence-corrected chi connectivity index (χ2v) is 4.04. The molecule has 0 aliphatic carbocycles. The fourth-order valence-electron chi connectivity index (χ4n) is 1.74. The molecule has 0 fully saturated rings. The lowest BCUT2D eigenvalue weighted by molar-refractivity contribution is -0.184. The van der Waals surface area contributed by atoms with Crippen molar-refractivity contribution in [2.75, 3.05) is 6.79 Å². The second kappa shape index (κ2) is 5.60. The SMILES string of the molecule is CC(=O)OC(Cc1ccc2c(c1)OCO2)OC(C)=O. The number of rotatable bonds is 4. The van der Waals surface area contributed by atoms with E-state index in [-0.39, 0.29) is 13.2 Å². The van der Waals surface area contributed by atoms with Gasteiger partial charge in [-0.15, -0.1) is 0 Å². The Morgan fingerprint density at radius 2 is 1.79 bits per heavy atom. The van der Waals surface area contributed by atoms with E-state index in [0.29, 0.717) is 11.5 Å². The summed E-state index contributed by atoms with van der Waals surface area (Å²) in [6.45, 7) is 2.71. The topological polar surface area (TPSA) is 71.1 Å². The molecule has 0 spiro atoms. The first-order chi connectivity index (χ1) is 9.04. The van der Waals surface area contributed by atoms with Crippen LogP contribution in [0.4, 0.5) is 0 Å². The number of hydrogen-bond donors (Lipinski definition) is 0. The Morgan fingerprint density at radius 1 is 1.16 bits per heavy atom. The minimum Gasteiger partial charge on any atom is -0.454 e. The molecule has 19 heavy (non-hydrogen) atoms. The third kappa shape index (κ3) is 3.61. The fraction of sp³-hybridized carbons (Fsp3) is 0.385. The zero-order valence-corrected chi connectivity index (χ0v) is 10.7. The highest BCUT2D eigenvalue weighted by Crippen LogP contribution is 2.32. The van der Waals surface area contributed by atoms with Gasteiger partial charge in [-0.1, -0.05) is 6.07 Å². The Bertz CT molecular complexity index is 480. The van der Waals surface area contributed by atoms with Crippen LogP contribution in [-0.4, -0.2) is 25.0 Å². The molecule has 1 aromatic rings. The van der Waals surface area contributed by atoms with Gasteiger partial charge in [0.05, 0.1) is 0 Å². The minimum atomic E-state index is -0.935. The van der Waals surface area contributed by atoms with E-state index in [2.05, 4.69) is 0 Å². The van der Waals surface area contributed by atoms with E-state index in [9.17, 15) is 9.59 Å². The quantitative estimate of drug-likeness (QED) is 0.606. The maximum atomic E-state index is 11.0. The van der Waals surface area contributed by atoms with Gasteiger partial charge in [-0.2, -0.15) is 0 Å². The number of esters is 2. The number of benzene rings is 1. The van der Waals surface area contributed by atoms with E-state index in [0.717, 1.165) is 5.56 Å². The van der Waals surface area contributed by atoms with Crippen LogP contribution in [0, 0.1) is 0 Å². The highest BCUT2D eigenvalue weighted by Gasteiger charge is 2.19. The molecule has 102 valence electrons. The van der Waals surface area contributed by atoms with Crippen molar-refractivity contribution in [3.63, 3.8) is 0 Å². The van der Waals surface area contributed by atoms with Crippen molar-refractivity contribution in [3.05, 3.63) is 23.8 Å². The lowest BCUT2D eigenvalue weighted by atomic mass is 10.1. The van der Waals surface area contributed by atoms with Crippen molar-refractivity contribution in [1.82, 2.24) is 0 Å². The van der Waals surface area contributed by atoms with Crippen LogP contribution in [0.15, 0.2) is 18.2 Å². The van der Waals surface area contributed by atoms with Crippen LogP contribution in [0.1, 0.15) is 19.4 Å². The van der Waals surface area contributed by atoms with Gasteiger partial charge in [0.2, 0.25) is 6.79 Å². The predicted molar refractivity (Wildman–Crippen MR) is 63.6 cm³/mol. The van der Waals surface area contributed by atoms with Crippen molar-refractivity contribution < 1.29 is 28.5 Å². The van der Waals surface area contributed by atoms with Gasteiger partial charge in [-0.05, 0) is 17.7 Å². The molecule has 0 aromatic heterocycles. The van der Waals surface area contributed by atoms with Gasteiger partial charge in [0.1, 0.15) is 0 Å². The van der Waals surface area contributed by atoms with E-state index < -0.39 is 18.2 Å². The molecule has 0 unspecified atom stereocenters. The van der Waals surface area contributed by atoms with Crippen LogP contribution in [0.2, 0.25) is 0 Å². The third-order valence-electron chi connectivity index (χ3n) is 2.43. The third-order valence-corrected chi connectivity index (χ3v) is 2.43. The number of carbonyl (C=O) groups excluding carboxylic acids is 2. The van der Waals surface area contributed by atoms with Gasteiger partial charge >= 0.3 is 11.9 Å². The van der Waals surface area contributed by atoms with Crippen LogP contribution in [0.5, 0.6) is 11.5 Å². The van der Waals surface area contributed by atoms with E-state index in [4.69, 9.17) is 18.9 Å². The maximum Gasteiger partial charge on any atom is 0.305 e. The molecule has 1 aliphatic rings. The number of carbonyl (C=O) groups is 2. The first-order valence-electron chi connectivity index (χ1n) is 5.77. The van der Waals surface area contributed by atoms with Gasteiger partial charge in [-0.3, -0.25) is 9.59 Å². The summed E-state index contributed by atoms with van der Waals surface area (Å²) in [5.41, 5.74) is 0.816. The van der Waals surface area contributed by atoms with Crippen molar-refractivity contribution in [2.45, 2.75) is 26.6 Å². The van der Waals surface area contributed by atoms with Crippen LogP contribution >= 0.6 is 0 Å². The summed E-state index contributed by atoms with van der Waals surface area (Å²) in [5.74, 6) is 0.279. The van der Waals surface area contributed by atoms with Crippen molar-refractivity contribution in [2.24, 2.45) is 0 Å². The molecule has 0 amide bonds. The van der Waals surface area contributed by atoms with Crippen molar-refractivity contribution in [3.8, 4) is 11.5 Å². The molecule has 6 heteroatoms. The molecule has 0 atom stereocenters. The zero-order chi connectivity index (χ0) is 13.8. The summed E-state index contributed by atoms with van der Waals surface area (Å²) in [6.07, 6.45) is -0.675. The lowest BCUT2D eigenvalue weighted by Crippen LogP contribution is -2.24. The molecular formula is C13H14O6. The molecule has 0 N–H and O–H groups in total. The number of hydrogen-bond acceptors (Lipinski definition) is 6. The number of ether oxygens (including phenoxy) is 4. The van der Waals surface area contributed by atoms with E-state index in [1.165, 1.54) is 13.8 Å². The standard InChI is InChI=1S/C13H14O6/c1-8(14)18-13(19-9(2)15)6-10-3-4-11-12(5-10)17-7-16-11/h3-5,13H,6-7H2,1-2H3. The summed E-state index contributed by atoms with van der Waals surface area (Å²) >= 11 is 0.